The Hall–Kier alpha value is -0.770. The molecular formula is C11H21N2O2. The maximum absolute atomic E-state index is 11.7. The highest BCUT2D eigenvalue weighted by atomic mass is 16.6. The van der Waals surface area contributed by atoms with Gasteiger partial charge in [-0.15, -0.1) is 0 Å². The van der Waals surface area contributed by atoms with E-state index in [9.17, 15) is 4.79 Å². The van der Waals surface area contributed by atoms with Crippen LogP contribution < -0.4 is 0 Å². The molecule has 1 rings (SSSR count). The van der Waals surface area contributed by atoms with Crippen molar-refractivity contribution in [2.24, 2.45) is 0 Å². The lowest BCUT2D eigenvalue weighted by molar-refractivity contribution is 0.0112. The van der Waals surface area contributed by atoms with Gasteiger partial charge < -0.3 is 9.64 Å². The molecule has 0 aromatic carbocycles. The highest BCUT2D eigenvalue weighted by Gasteiger charge is 2.27. The zero-order chi connectivity index (χ0) is 11.6. The molecule has 1 aliphatic rings. The largest absolute Gasteiger partial charge is 0.444 e. The van der Waals surface area contributed by atoms with Gasteiger partial charge in [0.25, 0.3) is 0 Å². The smallest absolute Gasteiger partial charge is 0.410 e. The van der Waals surface area contributed by atoms with Crippen LogP contribution in [-0.4, -0.2) is 47.2 Å². The minimum atomic E-state index is -0.415. The van der Waals surface area contributed by atoms with Crippen LogP contribution in [0.15, 0.2) is 0 Å². The third-order valence-electron chi connectivity index (χ3n) is 2.42. The van der Waals surface area contributed by atoms with E-state index in [2.05, 4.69) is 14.0 Å². The average Bonchev–Trinajstić information content (AvgIpc) is 2.06. The fourth-order valence-electron chi connectivity index (χ4n) is 1.49. The van der Waals surface area contributed by atoms with Gasteiger partial charge >= 0.3 is 6.09 Å². The summed E-state index contributed by atoms with van der Waals surface area (Å²) in [4.78, 5) is 15.5. The van der Waals surface area contributed by atoms with E-state index in [1.54, 1.807) is 4.90 Å². The van der Waals surface area contributed by atoms with Gasteiger partial charge in [0.1, 0.15) is 5.60 Å². The predicted octanol–water partition coefficient (Wildman–Crippen LogP) is 1.72. The standard InChI is InChI=1S/C11H21N2O2/c1-9-8-13(7-6-12(9)5)10(14)15-11(2,3)4/h9H,5-8H2,1-4H3. The summed E-state index contributed by atoms with van der Waals surface area (Å²) < 4.78 is 5.31. The summed E-state index contributed by atoms with van der Waals surface area (Å²) in [7, 11) is 3.90. The van der Waals surface area contributed by atoms with E-state index in [1.807, 2.05) is 25.7 Å². The Morgan fingerprint density at radius 2 is 2.00 bits per heavy atom. The van der Waals surface area contributed by atoms with Crippen molar-refractivity contribution >= 4 is 6.09 Å². The molecule has 15 heavy (non-hydrogen) atoms. The van der Waals surface area contributed by atoms with Gasteiger partial charge in [0.05, 0.1) is 0 Å². The van der Waals surface area contributed by atoms with E-state index < -0.39 is 5.60 Å². The molecule has 1 radical (unpaired) electrons. The molecule has 1 amide bonds. The Bertz CT molecular complexity index is 235. The van der Waals surface area contributed by atoms with Crippen molar-refractivity contribution in [1.82, 2.24) is 9.80 Å². The molecule has 0 spiro atoms. The van der Waals surface area contributed by atoms with Crippen LogP contribution in [0.1, 0.15) is 27.7 Å². The average molecular weight is 213 g/mol. The summed E-state index contributed by atoms with van der Waals surface area (Å²) >= 11 is 0. The second-order valence-corrected chi connectivity index (χ2v) is 5.09. The molecule has 4 heteroatoms. The topological polar surface area (TPSA) is 32.8 Å². The molecule has 0 saturated carbocycles. The summed E-state index contributed by atoms with van der Waals surface area (Å²) in [6, 6.07) is 0.297. The number of hydrogen-bond donors (Lipinski definition) is 0. The Labute approximate surface area is 92.2 Å². The lowest BCUT2D eigenvalue weighted by Crippen LogP contribution is -2.52. The molecule has 0 aliphatic carbocycles. The summed E-state index contributed by atoms with van der Waals surface area (Å²) in [5.41, 5.74) is -0.415. The zero-order valence-corrected chi connectivity index (χ0v) is 10.1. The van der Waals surface area contributed by atoms with Crippen molar-refractivity contribution in [3.05, 3.63) is 7.05 Å². The molecule has 0 bridgehead atoms. The lowest BCUT2D eigenvalue weighted by Gasteiger charge is -2.38. The molecule has 0 N–H and O–H groups in total. The van der Waals surface area contributed by atoms with Crippen LogP contribution in [0.4, 0.5) is 4.79 Å². The number of nitrogens with zero attached hydrogens (tertiary/aromatic N) is 2. The normalized spacial score (nSPS) is 24.1. The van der Waals surface area contributed by atoms with E-state index in [-0.39, 0.29) is 6.09 Å². The van der Waals surface area contributed by atoms with E-state index in [4.69, 9.17) is 4.74 Å². The van der Waals surface area contributed by atoms with Gasteiger partial charge in [-0.3, -0.25) is 4.90 Å². The van der Waals surface area contributed by atoms with Crippen molar-refractivity contribution in [3.8, 4) is 0 Å². The zero-order valence-electron chi connectivity index (χ0n) is 10.1. The molecule has 0 aromatic rings. The van der Waals surface area contributed by atoms with Gasteiger partial charge in [-0.05, 0) is 27.7 Å². The number of ether oxygens (including phenoxy) is 1. The van der Waals surface area contributed by atoms with Gasteiger partial charge in [-0.25, -0.2) is 4.79 Å². The van der Waals surface area contributed by atoms with Crippen LogP contribution in [0, 0.1) is 7.05 Å². The summed E-state index contributed by atoms with van der Waals surface area (Å²) in [5.74, 6) is 0. The number of amides is 1. The fourth-order valence-corrected chi connectivity index (χ4v) is 1.49. The molecule has 0 aromatic heterocycles. The molecule has 1 unspecified atom stereocenters. The van der Waals surface area contributed by atoms with Crippen molar-refractivity contribution in [2.75, 3.05) is 19.6 Å². The monoisotopic (exact) mass is 213 g/mol. The molecule has 1 fully saturated rings. The van der Waals surface area contributed by atoms with Crippen molar-refractivity contribution in [2.45, 2.75) is 39.3 Å². The SMILES string of the molecule is [CH2]N1CCN(C(=O)OC(C)(C)C)CC1C. The molecule has 4 nitrogen and oxygen atoms in total. The van der Waals surface area contributed by atoms with Crippen LogP contribution in [0.2, 0.25) is 0 Å². The minimum Gasteiger partial charge on any atom is -0.444 e. The van der Waals surface area contributed by atoms with Gasteiger partial charge in [-0.2, -0.15) is 0 Å². The van der Waals surface area contributed by atoms with E-state index >= 15 is 0 Å². The van der Waals surface area contributed by atoms with Gasteiger partial charge in [0.15, 0.2) is 0 Å². The van der Waals surface area contributed by atoms with Crippen LogP contribution in [0.25, 0.3) is 0 Å². The second kappa shape index (κ2) is 4.39. The molecule has 1 atom stereocenters. The lowest BCUT2D eigenvalue weighted by atomic mass is 10.2. The van der Waals surface area contributed by atoms with Gasteiger partial charge in [-0.1, -0.05) is 0 Å². The van der Waals surface area contributed by atoms with Crippen molar-refractivity contribution in [3.63, 3.8) is 0 Å². The van der Waals surface area contributed by atoms with Gasteiger partial charge in [0, 0.05) is 32.7 Å². The fraction of sp³-hybridized carbons (Fsp3) is 0.818. The van der Waals surface area contributed by atoms with E-state index in [0.717, 1.165) is 6.54 Å². The Morgan fingerprint density at radius 1 is 1.40 bits per heavy atom. The first kappa shape index (κ1) is 12.3. The van der Waals surface area contributed by atoms with E-state index in [0.29, 0.717) is 19.1 Å². The Kier molecular flexibility index (Phi) is 3.60. The highest BCUT2D eigenvalue weighted by molar-refractivity contribution is 5.68. The summed E-state index contributed by atoms with van der Waals surface area (Å²) in [6.45, 7) is 9.90. The van der Waals surface area contributed by atoms with E-state index in [1.165, 1.54) is 0 Å². The Balaban J connectivity index is 2.48. The van der Waals surface area contributed by atoms with Crippen LogP contribution in [-0.2, 0) is 4.74 Å². The number of carbonyl (C=O) groups excluding carboxylic acids is 1. The first-order valence-corrected chi connectivity index (χ1v) is 5.34. The number of piperazine rings is 1. The quantitative estimate of drug-likeness (QED) is 0.614. The maximum Gasteiger partial charge on any atom is 0.410 e. The highest BCUT2D eigenvalue weighted by Crippen LogP contribution is 2.13. The number of rotatable bonds is 0. The maximum atomic E-state index is 11.7. The first-order valence-electron chi connectivity index (χ1n) is 5.34. The molecule has 87 valence electrons. The minimum absolute atomic E-state index is 0.220. The van der Waals surface area contributed by atoms with Crippen molar-refractivity contribution < 1.29 is 9.53 Å². The molecule has 1 heterocycles. The molecule has 1 aliphatic heterocycles. The van der Waals surface area contributed by atoms with Crippen LogP contribution in [0.3, 0.4) is 0 Å². The second-order valence-electron chi connectivity index (χ2n) is 5.09. The number of hydrogen-bond acceptors (Lipinski definition) is 3. The third kappa shape index (κ3) is 3.70. The third-order valence-corrected chi connectivity index (χ3v) is 2.42. The van der Waals surface area contributed by atoms with Crippen LogP contribution in [0.5, 0.6) is 0 Å². The number of carbonyl (C=O) groups is 1. The Morgan fingerprint density at radius 3 is 2.47 bits per heavy atom. The van der Waals surface area contributed by atoms with Crippen LogP contribution >= 0.6 is 0 Å². The molecule has 1 saturated heterocycles. The van der Waals surface area contributed by atoms with Crippen molar-refractivity contribution in [1.29, 1.82) is 0 Å². The summed E-state index contributed by atoms with van der Waals surface area (Å²) in [5, 5.41) is 0. The predicted molar refractivity (Wildman–Crippen MR) is 59.3 cm³/mol. The first-order chi connectivity index (χ1) is 6.79. The summed E-state index contributed by atoms with van der Waals surface area (Å²) in [6.07, 6.45) is -0.220. The van der Waals surface area contributed by atoms with Gasteiger partial charge in [0.2, 0.25) is 0 Å². The molecular weight excluding hydrogens is 192 g/mol.